The third-order valence-corrected chi connectivity index (χ3v) is 6.50. The molecule has 0 atom stereocenters. The molecule has 3 rings (SSSR count). The minimum absolute atomic E-state index is 0.0239. The molecule has 0 saturated carbocycles. The Morgan fingerprint density at radius 1 is 1.23 bits per heavy atom. The molecule has 0 bridgehead atoms. The van der Waals surface area contributed by atoms with E-state index in [0.29, 0.717) is 17.4 Å². The molecule has 30 heavy (non-hydrogen) atoms. The molecule has 0 radical (unpaired) electrons. The zero-order valence-corrected chi connectivity index (χ0v) is 17.9. The number of para-hydroxylation sites is 2. The smallest absolute Gasteiger partial charge is 0.339 e. The number of hydrogen-bond acceptors (Lipinski definition) is 6. The van der Waals surface area contributed by atoms with Crippen molar-refractivity contribution in [1.29, 1.82) is 0 Å². The van der Waals surface area contributed by atoms with E-state index in [0.717, 1.165) is 17.1 Å². The van der Waals surface area contributed by atoms with Gasteiger partial charge in [-0.2, -0.15) is 0 Å². The number of H-pyrrole nitrogens is 1. The molecule has 0 spiro atoms. The zero-order valence-electron chi connectivity index (χ0n) is 16.3. The molecule has 0 aliphatic rings. The summed E-state index contributed by atoms with van der Waals surface area (Å²) in [7, 11) is -1.50. The minimum atomic E-state index is -3.94. The summed E-state index contributed by atoms with van der Waals surface area (Å²) < 4.78 is 32.2. The van der Waals surface area contributed by atoms with Crippen LogP contribution in [-0.2, 0) is 26.1 Å². The maximum Gasteiger partial charge on any atom is 0.339 e. The lowest BCUT2D eigenvalue weighted by molar-refractivity contribution is -0.0258. The molecule has 1 aromatic heterocycles. The number of halogens is 1. The first-order valence-corrected chi connectivity index (χ1v) is 10.7. The summed E-state index contributed by atoms with van der Waals surface area (Å²) >= 11 is 6.04. The van der Waals surface area contributed by atoms with Gasteiger partial charge < -0.3 is 9.72 Å². The maximum absolute atomic E-state index is 12.4. The highest BCUT2D eigenvalue weighted by Crippen LogP contribution is 2.23. The van der Waals surface area contributed by atoms with Gasteiger partial charge >= 0.3 is 11.7 Å². The SMILES string of the molecule is CON(C)S(=O)(=O)c1ccc(Cl)c(C(=O)OCCCn2c(=O)[nH]c3ccccc32)c1. The summed E-state index contributed by atoms with van der Waals surface area (Å²) in [5.74, 6) is -0.761. The predicted octanol–water partition coefficient (Wildman–Crippen LogP) is 2.41. The molecule has 2 aromatic carbocycles. The van der Waals surface area contributed by atoms with Crippen LogP contribution in [0.25, 0.3) is 11.0 Å². The summed E-state index contributed by atoms with van der Waals surface area (Å²) in [6.07, 6.45) is 0.384. The van der Waals surface area contributed by atoms with E-state index in [1.807, 2.05) is 18.2 Å². The molecule has 0 aliphatic heterocycles. The van der Waals surface area contributed by atoms with E-state index < -0.39 is 16.0 Å². The number of hydrogen-bond donors (Lipinski definition) is 1. The number of aryl methyl sites for hydroxylation is 1. The van der Waals surface area contributed by atoms with Crippen LogP contribution in [-0.4, -0.2) is 49.2 Å². The van der Waals surface area contributed by atoms with Crippen LogP contribution >= 0.6 is 11.6 Å². The van der Waals surface area contributed by atoms with Crippen LogP contribution in [0.4, 0.5) is 0 Å². The standard InChI is InChI=1S/C19H20ClN3O6S/c1-22(28-2)30(26,27)13-8-9-15(20)14(12-13)18(24)29-11-5-10-23-17-7-4-3-6-16(17)21-19(23)25/h3-4,6-9,12H,5,10-11H2,1-2H3,(H,21,25). The highest BCUT2D eigenvalue weighted by atomic mass is 35.5. The number of carbonyl (C=O) groups excluding carboxylic acids is 1. The summed E-state index contributed by atoms with van der Waals surface area (Å²) in [4.78, 5) is 31.8. The highest BCUT2D eigenvalue weighted by molar-refractivity contribution is 7.89. The lowest BCUT2D eigenvalue weighted by Crippen LogP contribution is -2.26. The average Bonchev–Trinajstić information content (AvgIpc) is 3.05. The van der Waals surface area contributed by atoms with E-state index in [9.17, 15) is 18.0 Å². The van der Waals surface area contributed by atoms with Gasteiger partial charge in [0.2, 0.25) is 0 Å². The number of aromatic nitrogens is 2. The second-order valence-electron chi connectivity index (χ2n) is 6.33. The van der Waals surface area contributed by atoms with Gasteiger partial charge in [-0.25, -0.2) is 18.0 Å². The topological polar surface area (TPSA) is 111 Å². The zero-order chi connectivity index (χ0) is 21.9. The molecule has 1 N–H and O–H groups in total. The van der Waals surface area contributed by atoms with Gasteiger partial charge in [0.25, 0.3) is 10.0 Å². The van der Waals surface area contributed by atoms with Crippen molar-refractivity contribution in [2.24, 2.45) is 0 Å². The normalized spacial score (nSPS) is 11.9. The number of ether oxygens (including phenoxy) is 1. The largest absolute Gasteiger partial charge is 0.462 e. The number of esters is 1. The van der Waals surface area contributed by atoms with Gasteiger partial charge in [-0.1, -0.05) is 28.2 Å². The molecule has 0 unspecified atom stereocenters. The maximum atomic E-state index is 12.4. The molecular formula is C19H20ClN3O6S. The second-order valence-corrected chi connectivity index (χ2v) is 8.67. The first-order valence-electron chi connectivity index (χ1n) is 8.93. The van der Waals surface area contributed by atoms with Crippen LogP contribution in [0.2, 0.25) is 5.02 Å². The first kappa shape index (κ1) is 22.0. The Hall–Kier alpha value is -2.66. The Morgan fingerprint density at radius 2 is 1.97 bits per heavy atom. The van der Waals surface area contributed by atoms with Gasteiger partial charge in [0, 0.05) is 13.6 Å². The van der Waals surface area contributed by atoms with Gasteiger partial charge in [-0.3, -0.25) is 9.40 Å². The number of imidazole rings is 1. The van der Waals surface area contributed by atoms with Gasteiger partial charge in [0.05, 0.1) is 40.2 Å². The monoisotopic (exact) mass is 453 g/mol. The Labute approximate surface area is 177 Å². The van der Waals surface area contributed by atoms with E-state index in [1.165, 1.54) is 26.3 Å². The molecule has 3 aromatic rings. The van der Waals surface area contributed by atoms with Gasteiger partial charge in [-0.15, -0.1) is 0 Å². The van der Waals surface area contributed by atoms with E-state index in [4.69, 9.17) is 21.2 Å². The predicted molar refractivity (Wildman–Crippen MR) is 111 cm³/mol. The Morgan fingerprint density at radius 3 is 2.70 bits per heavy atom. The lowest BCUT2D eigenvalue weighted by atomic mass is 10.2. The molecular weight excluding hydrogens is 434 g/mol. The fraction of sp³-hybridized carbons (Fsp3) is 0.263. The van der Waals surface area contributed by atoms with Crippen LogP contribution in [0.1, 0.15) is 16.8 Å². The van der Waals surface area contributed by atoms with Crippen molar-refractivity contribution < 1.29 is 22.8 Å². The fourth-order valence-corrected chi connectivity index (χ4v) is 4.06. The highest BCUT2D eigenvalue weighted by Gasteiger charge is 2.24. The van der Waals surface area contributed by atoms with Gasteiger partial charge in [0.1, 0.15) is 0 Å². The Bertz CT molecular complexity index is 1230. The molecule has 1 heterocycles. The number of carbonyl (C=O) groups is 1. The van der Waals surface area contributed by atoms with Gasteiger partial charge in [-0.05, 0) is 36.8 Å². The number of aromatic amines is 1. The number of nitrogens with zero attached hydrogens (tertiary/aromatic N) is 2. The van der Waals surface area contributed by atoms with Crippen molar-refractivity contribution in [2.45, 2.75) is 17.9 Å². The Balaban J connectivity index is 1.67. The summed E-state index contributed by atoms with van der Waals surface area (Å²) in [6, 6.07) is 11.0. The fourth-order valence-electron chi connectivity index (χ4n) is 2.86. The number of fused-ring (bicyclic) bond motifs is 1. The van der Waals surface area contributed by atoms with Crippen molar-refractivity contribution >= 4 is 38.6 Å². The van der Waals surface area contributed by atoms with Crippen molar-refractivity contribution in [1.82, 2.24) is 14.0 Å². The van der Waals surface area contributed by atoms with E-state index in [2.05, 4.69) is 4.98 Å². The number of hydroxylamine groups is 1. The molecule has 0 amide bonds. The molecule has 0 aliphatic carbocycles. The van der Waals surface area contributed by atoms with Crippen molar-refractivity contribution in [3.63, 3.8) is 0 Å². The molecule has 9 nitrogen and oxygen atoms in total. The Kier molecular flexibility index (Phi) is 6.61. The number of nitrogens with one attached hydrogen (secondary N) is 1. The van der Waals surface area contributed by atoms with Crippen molar-refractivity contribution in [3.8, 4) is 0 Å². The number of benzene rings is 2. The molecule has 0 fully saturated rings. The quantitative estimate of drug-likeness (QED) is 0.318. The third kappa shape index (κ3) is 4.41. The summed E-state index contributed by atoms with van der Waals surface area (Å²) in [5, 5.41) is 0.0619. The van der Waals surface area contributed by atoms with Crippen LogP contribution in [0.5, 0.6) is 0 Å². The van der Waals surface area contributed by atoms with E-state index >= 15 is 0 Å². The van der Waals surface area contributed by atoms with Crippen LogP contribution in [0.15, 0.2) is 52.2 Å². The van der Waals surface area contributed by atoms with Crippen molar-refractivity contribution in [3.05, 3.63) is 63.5 Å². The van der Waals surface area contributed by atoms with Crippen LogP contribution in [0.3, 0.4) is 0 Å². The van der Waals surface area contributed by atoms with Gasteiger partial charge in [0.15, 0.2) is 0 Å². The third-order valence-electron chi connectivity index (χ3n) is 4.49. The molecule has 160 valence electrons. The summed E-state index contributed by atoms with van der Waals surface area (Å²) in [6.45, 7) is 0.368. The number of sulfonamides is 1. The molecule has 0 saturated heterocycles. The van der Waals surface area contributed by atoms with E-state index in [1.54, 1.807) is 10.6 Å². The second kappa shape index (κ2) is 9.00. The van der Waals surface area contributed by atoms with Crippen LogP contribution < -0.4 is 5.69 Å². The lowest BCUT2D eigenvalue weighted by Gasteiger charge is -2.15. The van der Waals surface area contributed by atoms with Crippen LogP contribution in [0, 0.1) is 0 Å². The first-order chi connectivity index (χ1) is 14.3. The molecule has 11 heteroatoms. The average molecular weight is 454 g/mol. The number of rotatable bonds is 8. The minimum Gasteiger partial charge on any atom is -0.462 e. The van der Waals surface area contributed by atoms with E-state index in [-0.39, 0.29) is 27.8 Å². The van der Waals surface area contributed by atoms with Crippen molar-refractivity contribution in [2.75, 3.05) is 20.8 Å². The summed E-state index contributed by atoms with van der Waals surface area (Å²) in [5.41, 5.74) is 1.17.